The number of thiophene rings is 1. The summed E-state index contributed by atoms with van der Waals surface area (Å²) in [5, 5.41) is -0.576. The number of sulfonamides is 1. The summed E-state index contributed by atoms with van der Waals surface area (Å²) in [7, 11) is -6.74. The van der Waals surface area contributed by atoms with Gasteiger partial charge in [0, 0.05) is 18.8 Å². The van der Waals surface area contributed by atoms with Crippen molar-refractivity contribution in [1.29, 1.82) is 0 Å². The number of rotatable bonds is 4. The molecule has 0 aliphatic carbocycles. The number of sulfone groups is 1. The minimum absolute atomic E-state index is 0.0357. The Balaban J connectivity index is 2.13. The maximum Gasteiger partial charge on any atom is 0.252 e. The number of hydrogen-bond acceptors (Lipinski definition) is 5. The summed E-state index contributed by atoms with van der Waals surface area (Å²) in [6.07, 6.45) is 0. The second kappa shape index (κ2) is 4.75. The van der Waals surface area contributed by atoms with Gasteiger partial charge in [-0.05, 0) is 12.1 Å². The van der Waals surface area contributed by atoms with Crippen molar-refractivity contribution >= 4 is 42.8 Å². The van der Waals surface area contributed by atoms with Crippen molar-refractivity contribution in [2.45, 2.75) is 16.4 Å². The maximum atomic E-state index is 12.1. The summed E-state index contributed by atoms with van der Waals surface area (Å²) in [5.74, 6) is 0.0381. The van der Waals surface area contributed by atoms with E-state index in [-0.39, 0.29) is 23.1 Å². The normalized spacial score (nSPS) is 18.8. The third-order valence-corrected chi connectivity index (χ3v) is 8.52. The van der Waals surface area contributed by atoms with E-state index in [0.717, 1.165) is 11.3 Å². The van der Waals surface area contributed by atoms with Crippen LogP contribution in [0, 0.1) is 0 Å². The molecule has 1 aromatic heterocycles. The molecule has 1 aliphatic rings. The van der Waals surface area contributed by atoms with E-state index in [1.54, 1.807) is 6.92 Å². The van der Waals surface area contributed by atoms with Crippen molar-refractivity contribution in [2.75, 3.05) is 18.8 Å². The minimum atomic E-state index is -3.58. The highest BCUT2D eigenvalue weighted by molar-refractivity contribution is 7.93. The van der Waals surface area contributed by atoms with Crippen LogP contribution in [0.2, 0.25) is 4.34 Å². The van der Waals surface area contributed by atoms with Gasteiger partial charge in [0.2, 0.25) is 0 Å². The van der Waals surface area contributed by atoms with Gasteiger partial charge in [-0.25, -0.2) is 16.8 Å². The molecule has 0 unspecified atom stereocenters. The van der Waals surface area contributed by atoms with E-state index in [4.69, 9.17) is 11.6 Å². The monoisotopic (exact) mass is 329 g/mol. The summed E-state index contributed by atoms with van der Waals surface area (Å²) in [5.41, 5.74) is 0. The molecule has 1 fully saturated rings. The second-order valence-electron chi connectivity index (χ2n) is 3.95. The van der Waals surface area contributed by atoms with E-state index in [1.807, 2.05) is 0 Å². The fourth-order valence-corrected chi connectivity index (χ4v) is 6.27. The molecule has 2 rings (SSSR count). The van der Waals surface area contributed by atoms with Crippen LogP contribution in [-0.2, 0) is 19.9 Å². The van der Waals surface area contributed by atoms with Crippen LogP contribution in [0.25, 0.3) is 0 Å². The molecule has 0 amide bonds. The predicted octanol–water partition coefficient (Wildman–Crippen LogP) is 1.21. The van der Waals surface area contributed by atoms with Crippen LogP contribution in [0.3, 0.4) is 0 Å². The zero-order chi connectivity index (χ0) is 13.6. The fourth-order valence-electron chi connectivity index (χ4n) is 1.62. The van der Waals surface area contributed by atoms with Gasteiger partial charge in [0.25, 0.3) is 10.0 Å². The van der Waals surface area contributed by atoms with Crippen LogP contribution in [0.4, 0.5) is 0 Å². The van der Waals surface area contributed by atoms with Gasteiger partial charge in [0.15, 0.2) is 9.84 Å². The van der Waals surface area contributed by atoms with Gasteiger partial charge in [-0.15, -0.1) is 11.3 Å². The molecule has 0 spiro atoms. The number of hydrogen-bond donors (Lipinski definition) is 0. The zero-order valence-corrected chi connectivity index (χ0v) is 12.7. The lowest BCUT2D eigenvalue weighted by atomic mass is 10.3. The van der Waals surface area contributed by atoms with E-state index in [0.29, 0.717) is 4.34 Å². The van der Waals surface area contributed by atoms with Gasteiger partial charge in [0.05, 0.1) is 9.59 Å². The predicted molar refractivity (Wildman–Crippen MR) is 71.3 cm³/mol. The fraction of sp³-hybridized carbons (Fsp3) is 0.556. The lowest BCUT2D eigenvalue weighted by Crippen LogP contribution is -2.56. The molecule has 1 aromatic rings. The summed E-state index contributed by atoms with van der Waals surface area (Å²) < 4.78 is 49.0. The highest BCUT2D eigenvalue weighted by Gasteiger charge is 2.43. The van der Waals surface area contributed by atoms with E-state index >= 15 is 0 Å². The van der Waals surface area contributed by atoms with Gasteiger partial charge in [-0.1, -0.05) is 18.5 Å². The average molecular weight is 330 g/mol. The topological polar surface area (TPSA) is 71.5 Å². The molecule has 2 heterocycles. The Morgan fingerprint density at radius 1 is 1.33 bits per heavy atom. The van der Waals surface area contributed by atoms with E-state index < -0.39 is 25.1 Å². The largest absolute Gasteiger partial charge is 0.252 e. The minimum Gasteiger partial charge on any atom is -0.228 e. The first-order chi connectivity index (χ1) is 8.27. The molecule has 0 bridgehead atoms. The van der Waals surface area contributed by atoms with Crippen LogP contribution < -0.4 is 0 Å². The first kappa shape index (κ1) is 14.3. The van der Waals surface area contributed by atoms with E-state index in [2.05, 4.69) is 0 Å². The van der Waals surface area contributed by atoms with Gasteiger partial charge in [0.1, 0.15) is 4.21 Å². The Hall–Kier alpha value is -0.150. The Morgan fingerprint density at radius 2 is 1.94 bits per heavy atom. The number of nitrogens with zero attached hydrogens (tertiary/aromatic N) is 1. The SMILES string of the molecule is CCS(=O)(=O)C1CN(S(=O)(=O)c2ccc(Cl)s2)C1. The van der Waals surface area contributed by atoms with Crippen molar-refractivity contribution in [3.63, 3.8) is 0 Å². The Labute approximate surface area is 115 Å². The molecule has 0 saturated carbocycles. The average Bonchev–Trinajstić information content (AvgIpc) is 2.62. The first-order valence-corrected chi connectivity index (χ1v) is 9.59. The Bertz CT molecular complexity index is 643. The lowest BCUT2D eigenvalue weighted by Gasteiger charge is -2.36. The van der Waals surface area contributed by atoms with Crippen molar-refractivity contribution < 1.29 is 16.8 Å². The quantitative estimate of drug-likeness (QED) is 0.832. The molecule has 9 heteroatoms. The summed E-state index contributed by atoms with van der Waals surface area (Å²) >= 11 is 6.67. The van der Waals surface area contributed by atoms with Crippen LogP contribution >= 0.6 is 22.9 Å². The summed E-state index contributed by atoms with van der Waals surface area (Å²) in [4.78, 5) is 0. The lowest BCUT2D eigenvalue weighted by molar-refractivity contribution is 0.310. The highest BCUT2D eigenvalue weighted by Crippen LogP contribution is 2.31. The molecule has 18 heavy (non-hydrogen) atoms. The smallest absolute Gasteiger partial charge is 0.228 e. The molecule has 1 aliphatic heterocycles. The maximum absolute atomic E-state index is 12.1. The summed E-state index contributed by atoms with van der Waals surface area (Å²) in [6.45, 7) is 1.63. The molecular weight excluding hydrogens is 318 g/mol. The summed E-state index contributed by atoms with van der Waals surface area (Å²) in [6, 6.07) is 2.95. The van der Waals surface area contributed by atoms with Crippen molar-refractivity contribution in [1.82, 2.24) is 4.31 Å². The van der Waals surface area contributed by atoms with E-state index in [9.17, 15) is 16.8 Å². The molecule has 0 aromatic carbocycles. The van der Waals surface area contributed by atoms with Crippen LogP contribution in [0.5, 0.6) is 0 Å². The molecule has 1 saturated heterocycles. The van der Waals surface area contributed by atoms with Gasteiger partial charge < -0.3 is 0 Å². The molecule has 0 N–H and O–H groups in total. The van der Waals surface area contributed by atoms with E-state index in [1.165, 1.54) is 16.4 Å². The zero-order valence-electron chi connectivity index (χ0n) is 9.54. The third kappa shape index (κ3) is 2.44. The molecule has 0 radical (unpaired) electrons. The van der Waals surface area contributed by atoms with Crippen molar-refractivity contribution in [3.05, 3.63) is 16.5 Å². The first-order valence-electron chi connectivity index (χ1n) is 5.24. The molecule has 0 atom stereocenters. The van der Waals surface area contributed by atoms with Crippen molar-refractivity contribution in [3.8, 4) is 0 Å². The third-order valence-electron chi connectivity index (χ3n) is 2.87. The highest BCUT2D eigenvalue weighted by atomic mass is 35.5. The van der Waals surface area contributed by atoms with Gasteiger partial charge in [-0.3, -0.25) is 0 Å². The molecular formula is C9H12ClNO4S3. The van der Waals surface area contributed by atoms with Crippen LogP contribution in [0.15, 0.2) is 16.3 Å². The Morgan fingerprint density at radius 3 is 2.39 bits per heavy atom. The van der Waals surface area contributed by atoms with Crippen LogP contribution in [-0.4, -0.2) is 45.2 Å². The second-order valence-corrected chi connectivity index (χ2v) is 10.4. The standard InChI is InChI=1S/C9H12ClNO4S3/c1-2-17(12,13)7-5-11(6-7)18(14,15)9-4-3-8(10)16-9/h3-4,7H,2,5-6H2,1H3. The Kier molecular flexibility index (Phi) is 3.76. The van der Waals surface area contributed by atoms with Crippen LogP contribution in [0.1, 0.15) is 6.92 Å². The van der Waals surface area contributed by atoms with Gasteiger partial charge >= 0.3 is 0 Å². The molecule has 102 valence electrons. The number of halogens is 1. The van der Waals surface area contributed by atoms with Crippen molar-refractivity contribution in [2.24, 2.45) is 0 Å². The van der Waals surface area contributed by atoms with Gasteiger partial charge in [-0.2, -0.15) is 4.31 Å². The molecule has 5 nitrogen and oxygen atoms in total.